The molecule has 0 radical (unpaired) electrons. The van der Waals surface area contributed by atoms with Crippen molar-refractivity contribution in [2.75, 3.05) is 19.7 Å². The van der Waals surface area contributed by atoms with Gasteiger partial charge in [0.2, 0.25) is 5.91 Å². The summed E-state index contributed by atoms with van der Waals surface area (Å²) < 4.78 is 7.94. The number of amides is 1. The average Bonchev–Trinajstić information content (AvgIpc) is 3.09. The van der Waals surface area contributed by atoms with E-state index in [1.807, 2.05) is 59.6 Å². The van der Waals surface area contributed by atoms with Crippen LogP contribution in [-0.2, 0) is 16.1 Å². The van der Waals surface area contributed by atoms with Gasteiger partial charge < -0.3 is 14.2 Å². The molecule has 1 aliphatic rings. The number of carbonyl (C=O) groups excluding carboxylic acids is 1. The van der Waals surface area contributed by atoms with E-state index in [1.54, 1.807) is 0 Å². The Hall–Kier alpha value is -2.30. The highest BCUT2D eigenvalue weighted by atomic mass is 35.5. The molecule has 0 N–H and O–H groups in total. The Labute approximate surface area is 157 Å². The van der Waals surface area contributed by atoms with E-state index in [-0.39, 0.29) is 12.0 Å². The molecule has 26 heavy (non-hydrogen) atoms. The van der Waals surface area contributed by atoms with Crippen molar-refractivity contribution in [1.29, 1.82) is 0 Å². The van der Waals surface area contributed by atoms with Gasteiger partial charge in [0, 0.05) is 36.2 Å². The summed E-state index contributed by atoms with van der Waals surface area (Å²) in [6.07, 6.45) is 2.44. The SMILES string of the molecule is O=C(CCn1ccc2ccc(Cl)cc21)N1CCO[C@H](c2ccccc2)C1. The molecule has 0 aliphatic carbocycles. The molecule has 1 fully saturated rings. The third-order valence-electron chi connectivity index (χ3n) is 4.89. The van der Waals surface area contributed by atoms with Crippen LogP contribution in [0.5, 0.6) is 0 Å². The van der Waals surface area contributed by atoms with Crippen LogP contribution < -0.4 is 0 Å². The highest BCUT2D eigenvalue weighted by Gasteiger charge is 2.25. The lowest BCUT2D eigenvalue weighted by molar-refractivity contribution is -0.139. The fourth-order valence-corrected chi connectivity index (χ4v) is 3.64. The maximum atomic E-state index is 12.7. The second-order valence-electron chi connectivity index (χ2n) is 6.57. The number of halogens is 1. The Morgan fingerprint density at radius 3 is 2.85 bits per heavy atom. The third kappa shape index (κ3) is 3.62. The highest BCUT2D eigenvalue weighted by molar-refractivity contribution is 6.31. The van der Waals surface area contributed by atoms with E-state index < -0.39 is 0 Å². The lowest BCUT2D eigenvalue weighted by Gasteiger charge is -2.33. The molecule has 4 rings (SSSR count). The van der Waals surface area contributed by atoms with Gasteiger partial charge in [-0.2, -0.15) is 0 Å². The molecule has 1 amide bonds. The predicted molar refractivity (Wildman–Crippen MR) is 103 cm³/mol. The number of aryl methyl sites for hydroxylation is 1. The maximum absolute atomic E-state index is 12.7. The summed E-state index contributed by atoms with van der Waals surface area (Å²) >= 11 is 6.10. The second-order valence-corrected chi connectivity index (χ2v) is 7.01. The van der Waals surface area contributed by atoms with Gasteiger partial charge in [-0.1, -0.05) is 48.0 Å². The van der Waals surface area contributed by atoms with Crippen LogP contribution in [0.1, 0.15) is 18.1 Å². The molecule has 1 aliphatic heterocycles. The molecule has 134 valence electrons. The van der Waals surface area contributed by atoms with Gasteiger partial charge in [-0.3, -0.25) is 4.79 Å². The smallest absolute Gasteiger partial charge is 0.224 e. The van der Waals surface area contributed by atoms with E-state index in [4.69, 9.17) is 16.3 Å². The highest BCUT2D eigenvalue weighted by Crippen LogP contribution is 2.23. The first kappa shape index (κ1) is 17.1. The molecule has 1 saturated heterocycles. The van der Waals surface area contributed by atoms with Gasteiger partial charge in [-0.15, -0.1) is 0 Å². The van der Waals surface area contributed by atoms with Crippen molar-refractivity contribution >= 4 is 28.4 Å². The van der Waals surface area contributed by atoms with Crippen molar-refractivity contribution < 1.29 is 9.53 Å². The van der Waals surface area contributed by atoms with E-state index in [1.165, 1.54) is 0 Å². The number of benzene rings is 2. The standard InChI is InChI=1S/C21H21ClN2O2/c22-18-7-6-16-8-10-23(19(16)14-18)11-9-21(25)24-12-13-26-20(15-24)17-4-2-1-3-5-17/h1-8,10,14,20H,9,11-13,15H2/t20-/m0/s1. The Bertz CT molecular complexity index is 907. The number of hydrogen-bond acceptors (Lipinski definition) is 2. The Balaban J connectivity index is 1.40. The van der Waals surface area contributed by atoms with Gasteiger partial charge in [0.1, 0.15) is 6.10 Å². The Morgan fingerprint density at radius 1 is 1.15 bits per heavy atom. The minimum atomic E-state index is -0.0416. The lowest BCUT2D eigenvalue weighted by atomic mass is 10.1. The predicted octanol–water partition coefficient (Wildman–Crippen LogP) is 4.28. The summed E-state index contributed by atoms with van der Waals surface area (Å²) in [6, 6.07) is 18.0. The van der Waals surface area contributed by atoms with Crippen molar-refractivity contribution in [2.45, 2.75) is 19.1 Å². The third-order valence-corrected chi connectivity index (χ3v) is 5.13. The quantitative estimate of drug-likeness (QED) is 0.688. The Morgan fingerprint density at radius 2 is 2.00 bits per heavy atom. The van der Waals surface area contributed by atoms with Gasteiger partial charge >= 0.3 is 0 Å². The summed E-state index contributed by atoms with van der Waals surface area (Å²) in [5.41, 5.74) is 2.19. The molecule has 0 unspecified atom stereocenters. The second kappa shape index (κ2) is 7.52. The molecule has 2 aromatic carbocycles. The number of carbonyl (C=O) groups is 1. The van der Waals surface area contributed by atoms with E-state index in [2.05, 4.69) is 10.6 Å². The summed E-state index contributed by atoms with van der Waals surface area (Å²) in [5.74, 6) is 0.165. The normalized spacial score (nSPS) is 17.6. The zero-order valence-electron chi connectivity index (χ0n) is 14.5. The Kier molecular flexibility index (Phi) is 4.96. The van der Waals surface area contributed by atoms with Gasteiger partial charge in [0.25, 0.3) is 0 Å². The fourth-order valence-electron chi connectivity index (χ4n) is 3.47. The van der Waals surface area contributed by atoms with Crippen LogP contribution in [-0.4, -0.2) is 35.1 Å². The molecule has 1 aromatic heterocycles. The molecular formula is C21H21ClN2O2. The molecule has 0 spiro atoms. The van der Waals surface area contributed by atoms with Crippen molar-refractivity contribution in [2.24, 2.45) is 0 Å². The van der Waals surface area contributed by atoms with Crippen molar-refractivity contribution in [3.63, 3.8) is 0 Å². The van der Waals surface area contributed by atoms with Crippen LogP contribution in [0.25, 0.3) is 10.9 Å². The van der Waals surface area contributed by atoms with Crippen LogP contribution >= 0.6 is 11.6 Å². The molecular weight excluding hydrogens is 348 g/mol. The number of fused-ring (bicyclic) bond motifs is 1. The zero-order chi connectivity index (χ0) is 17.9. The number of ether oxygens (including phenoxy) is 1. The minimum absolute atomic E-state index is 0.0416. The van der Waals surface area contributed by atoms with E-state index in [9.17, 15) is 4.79 Å². The zero-order valence-corrected chi connectivity index (χ0v) is 15.2. The average molecular weight is 369 g/mol. The van der Waals surface area contributed by atoms with Crippen molar-refractivity contribution in [3.05, 3.63) is 71.4 Å². The van der Waals surface area contributed by atoms with Crippen LogP contribution in [0.3, 0.4) is 0 Å². The molecule has 3 aromatic rings. The van der Waals surface area contributed by atoms with Gasteiger partial charge in [-0.05, 0) is 29.1 Å². The van der Waals surface area contributed by atoms with Gasteiger partial charge in [-0.25, -0.2) is 0 Å². The first-order valence-electron chi connectivity index (χ1n) is 8.89. The molecule has 5 heteroatoms. The van der Waals surface area contributed by atoms with Crippen LogP contribution in [0, 0.1) is 0 Å². The number of aromatic nitrogens is 1. The van der Waals surface area contributed by atoms with Crippen LogP contribution in [0.4, 0.5) is 0 Å². The summed E-state index contributed by atoms with van der Waals surface area (Å²) in [6.45, 7) is 2.49. The number of nitrogens with zero attached hydrogens (tertiary/aromatic N) is 2. The minimum Gasteiger partial charge on any atom is -0.370 e. The molecule has 0 bridgehead atoms. The van der Waals surface area contributed by atoms with Crippen molar-refractivity contribution in [3.8, 4) is 0 Å². The lowest BCUT2D eigenvalue weighted by Crippen LogP contribution is -2.42. The first-order chi connectivity index (χ1) is 12.7. The fraction of sp³-hybridized carbons (Fsp3) is 0.286. The van der Waals surface area contributed by atoms with Crippen LogP contribution in [0.2, 0.25) is 5.02 Å². The summed E-state index contributed by atoms with van der Waals surface area (Å²) in [7, 11) is 0. The van der Waals surface area contributed by atoms with Gasteiger partial charge in [0.15, 0.2) is 0 Å². The summed E-state index contributed by atoms with van der Waals surface area (Å²) in [5, 5.41) is 1.85. The molecule has 0 saturated carbocycles. The van der Waals surface area contributed by atoms with Crippen molar-refractivity contribution in [1.82, 2.24) is 9.47 Å². The first-order valence-corrected chi connectivity index (χ1v) is 9.27. The number of hydrogen-bond donors (Lipinski definition) is 0. The topological polar surface area (TPSA) is 34.5 Å². The van der Waals surface area contributed by atoms with E-state index in [0.29, 0.717) is 37.7 Å². The molecule has 4 nitrogen and oxygen atoms in total. The van der Waals surface area contributed by atoms with Crippen LogP contribution in [0.15, 0.2) is 60.8 Å². The number of morpholine rings is 1. The maximum Gasteiger partial charge on any atom is 0.224 e. The summed E-state index contributed by atoms with van der Waals surface area (Å²) in [4.78, 5) is 14.6. The van der Waals surface area contributed by atoms with E-state index >= 15 is 0 Å². The molecule has 1 atom stereocenters. The monoisotopic (exact) mass is 368 g/mol. The number of rotatable bonds is 4. The molecule has 2 heterocycles. The largest absolute Gasteiger partial charge is 0.370 e. The van der Waals surface area contributed by atoms with Gasteiger partial charge in [0.05, 0.1) is 13.2 Å². The van der Waals surface area contributed by atoms with E-state index in [0.717, 1.165) is 16.5 Å².